The van der Waals surface area contributed by atoms with E-state index >= 15 is 0 Å². The van der Waals surface area contributed by atoms with Crippen molar-refractivity contribution < 1.29 is 9.47 Å². The molecule has 0 unspecified atom stereocenters. The Morgan fingerprint density at radius 3 is 2.71 bits per heavy atom. The summed E-state index contributed by atoms with van der Waals surface area (Å²) in [6.07, 6.45) is 0. The lowest BCUT2D eigenvalue weighted by atomic mass is 10.2. The molecule has 0 fully saturated rings. The Morgan fingerprint density at radius 2 is 2.14 bits per heavy atom. The van der Waals surface area contributed by atoms with Crippen molar-refractivity contribution in [3.05, 3.63) is 28.8 Å². The summed E-state index contributed by atoms with van der Waals surface area (Å²) in [6, 6.07) is 5.48. The fraction of sp³-hybridized carbons (Fsp3) is 0.400. The molecule has 4 heteroatoms. The molecule has 2 N–H and O–H groups in total. The van der Waals surface area contributed by atoms with Gasteiger partial charge < -0.3 is 15.2 Å². The van der Waals surface area contributed by atoms with Crippen molar-refractivity contribution >= 4 is 11.6 Å². The number of hydrogen-bond donors (Lipinski definition) is 1. The van der Waals surface area contributed by atoms with Crippen LogP contribution in [0.1, 0.15) is 5.56 Å². The van der Waals surface area contributed by atoms with Crippen molar-refractivity contribution in [2.24, 2.45) is 5.73 Å². The van der Waals surface area contributed by atoms with Crippen LogP contribution in [0.2, 0.25) is 5.02 Å². The fourth-order valence-corrected chi connectivity index (χ4v) is 1.27. The first-order valence-electron chi connectivity index (χ1n) is 4.38. The predicted molar refractivity (Wildman–Crippen MR) is 56.7 cm³/mol. The molecule has 14 heavy (non-hydrogen) atoms. The third-order valence-electron chi connectivity index (χ3n) is 1.80. The van der Waals surface area contributed by atoms with Crippen LogP contribution in [0.4, 0.5) is 0 Å². The van der Waals surface area contributed by atoms with Crippen LogP contribution in [0.5, 0.6) is 5.75 Å². The summed E-state index contributed by atoms with van der Waals surface area (Å²) in [6.45, 7) is 1.53. The predicted octanol–water partition coefficient (Wildman–Crippen LogP) is 1.82. The largest absolute Gasteiger partial charge is 0.491 e. The quantitative estimate of drug-likeness (QED) is 0.763. The zero-order valence-corrected chi connectivity index (χ0v) is 8.88. The number of benzene rings is 1. The van der Waals surface area contributed by atoms with Gasteiger partial charge in [-0.05, 0) is 17.7 Å². The summed E-state index contributed by atoms with van der Waals surface area (Å²) < 4.78 is 10.2. The van der Waals surface area contributed by atoms with Crippen LogP contribution < -0.4 is 10.5 Å². The van der Waals surface area contributed by atoms with Gasteiger partial charge in [0.05, 0.1) is 6.61 Å². The molecule has 78 valence electrons. The number of nitrogens with two attached hydrogens (primary N) is 1. The molecular formula is C10H14ClNO2. The molecule has 3 nitrogen and oxygen atoms in total. The topological polar surface area (TPSA) is 44.5 Å². The van der Waals surface area contributed by atoms with E-state index in [4.69, 9.17) is 26.8 Å². The number of ether oxygens (including phenoxy) is 2. The molecule has 0 saturated carbocycles. The number of methoxy groups -OCH3 is 1. The van der Waals surface area contributed by atoms with Crippen molar-refractivity contribution in [3.63, 3.8) is 0 Å². The monoisotopic (exact) mass is 215 g/mol. The molecule has 0 aliphatic carbocycles. The van der Waals surface area contributed by atoms with Crippen LogP contribution in [-0.2, 0) is 11.3 Å². The van der Waals surface area contributed by atoms with E-state index in [-0.39, 0.29) is 0 Å². The number of rotatable bonds is 5. The summed E-state index contributed by atoms with van der Waals surface area (Å²) in [4.78, 5) is 0. The van der Waals surface area contributed by atoms with Crippen LogP contribution in [0.3, 0.4) is 0 Å². The molecule has 0 saturated heterocycles. The minimum atomic E-state index is 0.442. The van der Waals surface area contributed by atoms with E-state index in [2.05, 4.69) is 0 Å². The average Bonchev–Trinajstić information content (AvgIpc) is 2.18. The SMILES string of the molecule is COCCOc1ccc(CN)c(Cl)c1. The molecule has 0 aliphatic heterocycles. The van der Waals surface area contributed by atoms with Gasteiger partial charge in [-0.2, -0.15) is 0 Å². The van der Waals surface area contributed by atoms with Crippen molar-refractivity contribution in [3.8, 4) is 5.75 Å². The van der Waals surface area contributed by atoms with Crippen LogP contribution in [0.25, 0.3) is 0 Å². The summed E-state index contributed by atoms with van der Waals surface area (Å²) in [5, 5.41) is 0.641. The summed E-state index contributed by atoms with van der Waals surface area (Å²) in [5.41, 5.74) is 6.40. The van der Waals surface area contributed by atoms with Gasteiger partial charge in [0, 0.05) is 18.7 Å². The maximum atomic E-state index is 5.95. The zero-order valence-electron chi connectivity index (χ0n) is 8.13. The van der Waals surface area contributed by atoms with Gasteiger partial charge >= 0.3 is 0 Å². The normalized spacial score (nSPS) is 10.2. The lowest BCUT2D eigenvalue weighted by Crippen LogP contribution is -2.04. The van der Waals surface area contributed by atoms with Crippen molar-refractivity contribution in [1.29, 1.82) is 0 Å². The Hall–Kier alpha value is -0.770. The minimum Gasteiger partial charge on any atom is -0.491 e. The first kappa shape index (κ1) is 11.3. The van der Waals surface area contributed by atoms with E-state index in [1.807, 2.05) is 12.1 Å². The minimum absolute atomic E-state index is 0.442. The molecule has 0 bridgehead atoms. The Morgan fingerprint density at radius 1 is 1.36 bits per heavy atom. The molecule has 0 amide bonds. The second-order valence-corrected chi connectivity index (χ2v) is 3.21. The van der Waals surface area contributed by atoms with Crippen LogP contribution in [0, 0.1) is 0 Å². The molecule has 1 aromatic carbocycles. The first-order valence-corrected chi connectivity index (χ1v) is 4.76. The molecule has 0 aromatic heterocycles. The van der Waals surface area contributed by atoms with Crippen molar-refractivity contribution in [2.75, 3.05) is 20.3 Å². The first-order chi connectivity index (χ1) is 6.77. The maximum Gasteiger partial charge on any atom is 0.120 e. The number of hydrogen-bond acceptors (Lipinski definition) is 3. The molecular weight excluding hydrogens is 202 g/mol. The highest BCUT2D eigenvalue weighted by Gasteiger charge is 2.00. The fourth-order valence-electron chi connectivity index (χ4n) is 1.03. The molecule has 0 spiro atoms. The van der Waals surface area contributed by atoms with E-state index in [9.17, 15) is 0 Å². The van der Waals surface area contributed by atoms with E-state index in [0.717, 1.165) is 11.3 Å². The molecule has 0 atom stereocenters. The average molecular weight is 216 g/mol. The van der Waals surface area contributed by atoms with Gasteiger partial charge in [-0.3, -0.25) is 0 Å². The van der Waals surface area contributed by atoms with Crippen LogP contribution in [0.15, 0.2) is 18.2 Å². The Kier molecular flexibility index (Phi) is 4.73. The molecule has 1 aromatic rings. The lowest BCUT2D eigenvalue weighted by molar-refractivity contribution is 0.146. The Labute approximate surface area is 88.8 Å². The maximum absolute atomic E-state index is 5.95. The summed E-state index contributed by atoms with van der Waals surface area (Å²) in [5.74, 6) is 0.740. The van der Waals surface area contributed by atoms with E-state index in [0.29, 0.717) is 24.8 Å². The van der Waals surface area contributed by atoms with Gasteiger partial charge in [-0.25, -0.2) is 0 Å². The highest BCUT2D eigenvalue weighted by atomic mass is 35.5. The van der Waals surface area contributed by atoms with Gasteiger partial charge in [0.2, 0.25) is 0 Å². The van der Waals surface area contributed by atoms with E-state index < -0.39 is 0 Å². The third-order valence-corrected chi connectivity index (χ3v) is 2.15. The van der Waals surface area contributed by atoms with E-state index in [1.54, 1.807) is 13.2 Å². The van der Waals surface area contributed by atoms with Gasteiger partial charge in [-0.15, -0.1) is 0 Å². The molecule has 1 rings (SSSR count). The smallest absolute Gasteiger partial charge is 0.120 e. The van der Waals surface area contributed by atoms with Gasteiger partial charge in [0.15, 0.2) is 0 Å². The summed E-state index contributed by atoms with van der Waals surface area (Å²) in [7, 11) is 1.63. The zero-order chi connectivity index (χ0) is 10.4. The van der Waals surface area contributed by atoms with Gasteiger partial charge in [0.25, 0.3) is 0 Å². The van der Waals surface area contributed by atoms with Crippen molar-refractivity contribution in [1.82, 2.24) is 0 Å². The summed E-state index contributed by atoms with van der Waals surface area (Å²) >= 11 is 5.95. The van der Waals surface area contributed by atoms with Crippen LogP contribution in [-0.4, -0.2) is 20.3 Å². The lowest BCUT2D eigenvalue weighted by Gasteiger charge is -2.07. The van der Waals surface area contributed by atoms with Crippen LogP contribution >= 0.6 is 11.6 Å². The molecule has 0 aliphatic rings. The Balaban J connectivity index is 2.57. The highest BCUT2D eigenvalue weighted by molar-refractivity contribution is 6.31. The second kappa shape index (κ2) is 5.86. The van der Waals surface area contributed by atoms with Crippen molar-refractivity contribution in [2.45, 2.75) is 6.54 Å². The molecule has 0 radical (unpaired) electrons. The Bertz CT molecular complexity index is 291. The van der Waals surface area contributed by atoms with E-state index in [1.165, 1.54) is 0 Å². The second-order valence-electron chi connectivity index (χ2n) is 2.80. The van der Waals surface area contributed by atoms with Gasteiger partial charge in [0.1, 0.15) is 12.4 Å². The number of halogens is 1. The highest BCUT2D eigenvalue weighted by Crippen LogP contribution is 2.21. The standard InChI is InChI=1S/C10H14ClNO2/c1-13-4-5-14-9-3-2-8(7-12)10(11)6-9/h2-3,6H,4-5,7,12H2,1H3. The molecule has 0 heterocycles. The third kappa shape index (κ3) is 3.18. The van der Waals surface area contributed by atoms with Gasteiger partial charge in [-0.1, -0.05) is 17.7 Å².